The van der Waals surface area contributed by atoms with E-state index in [1.54, 1.807) is 81.2 Å². The van der Waals surface area contributed by atoms with Crippen molar-refractivity contribution in [2.24, 2.45) is 0 Å². The number of methoxy groups -OCH3 is 8. The van der Waals surface area contributed by atoms with Crippen LogP contribution in [0.4, 0.5) is 0 Å². The minimum atomic E-state index is 0.0806. The third-order valence-electron chi connectivity index (χ3n) is 18.2. The molecule has 0 saturated carbocycles. The molecule has 0 atom stereocenters. The molecule has 0 bridgehead atoms. The maximum atomic E-state index is 6.66. The van der Waals surface area contributed by atoms with Crippen LogP contribution in [0.1, 0.15) is 33.4 Å². The average molecular weight is 1950 g/mol. The summed E-state index contributed by atoms with van der Waals surface area (Å²) in [5, 5.41) is 0. The van der Waals surface area contributed by atoms with Crippen molar-refractivity contribution < 1.29 is 171 Å². The first-order chi connectivity index (χ1) is 68.2. The molecular formula is C102H148O36. The lowest BCUT2D eigenvalue weighted by Gasteiger charge is -2.15. The van der Waals surface area contributed by atoms with Crippen LogP contribution >= 0.6 is 0 Å². The summed E-state index contributed by atoms with van der Waals surface area (Å²) in [6.07, 6.45) is 3.31. The largest absolute Gasteiger partial charge is 0.491 e. The Hall–Kier alpha value is -9.18. The van der Waals surface area contributed by atoms with E-state index in [0.717, 1.165) is 22.3 Å². The monoisotopic (exact) mass is 1950 g/mol. The Morgan fingerprint density at radius 1 is 0.145 bits per heavy atom. The fourth-order valence-electron chi connectivity index (χ4n) is 11.6. The summed E-state index contributed by atoms with van der Waals surface area (Å²) in [5.74, 6) is 19.0. The van der Waals surface area contributed by atoms with Crippen LogP contribution in [0.25, 0.3) is 0 Å². The topological polar surface area (TPSA) is 332 Å². The normalized spacial score (nSPS) is 11.2. The molecule has 0 saturated heterocycles. The highest BCUT2D eigenvalue weighted by atomic mass is 16.6. The molecule has 6 aromatic rings. The van der Waals surface area contributed by atoms with E-state index in [1.165, 1.54) is 0 Å². The molecule has 0 heterocycles. The second-order valence-electron chi connectivity index (χ2n) is 29.2. The van der Waals surface area contributed by atoms with Gasteiger partial charge in [-0.15, -0.1) is 0 Å². The zero-order chi connectivity index (χ0) is 97.6. The van der Waals surface area contributed by atoms with Crippen molar-refractivity contribution >= 4 is 0 Å². The van der Waals surface area contributed by atoms with Gasteiger partial charge in [0.05, 0.1) is 264 Å². The smallest absolute Gasteiger partial charge is 0.124 e. The van der Waals surface area contributed by atoms with Crippen molar-refractivity contribution in [3.8, 4) is 92.7 Å². The molecule has 138 heavy (non-hydrogen) atoms. The van der Waals surface area contributed by atoms with Gasteiger partial charge in [0.2, 0.25) is 0 Å². The molecule has 0 aliphatic heterocycles. The van der Waals surface area contributed by atoms with Gasteiger partial charge in [0.15, 0.2) is 0 Å². The van der Waals surface area contributed by atoms with Gasteiger partial charge >= 0.3 is 0 Å². The fraction of sp³-hybridized carbons (Fsp3) is 0.588. The Morgan fingerprint density at radius 3 is 0.406 bits per heavy atom. The number of allylic oxidation sites excluding steroid dienone is 2. The molecule has 0 aliphatic rings. The lowest BCUT2D eigenvalue weighted by Crippen LogP contribution is -2.13. The average Bonchev–Trinajstić information content (AvgIpc) is 0.886. The Morgan fingerprint density at radius 2 is 0.268 bits per heavy atom. The van der Waals surface area contributed by atoms with Crippen LogP contribution < -0.4 is 56.8 Å². The van der Waals surface area contributed by atoms with Crippen molar-refractivity contribution in [1.82, 2.24) is 0 Å². The molecule has 772 valence electrons. The first-order valence-electron chi connectivity index (χ1n) is 46.4. The predicted octanol–water partition coefficient (Wildman–Crippen LogP) is 10.4. The number of hydrogen-bond acceptors (Lipinski definition) is 36. The quantitative estimate of drug-likeness (QED) is 0.0253. The summed E-state index contributed by atoms with van der Waals surface area (Å²) in [6, 6.07) is 33.2. The van der Waals surface area contributed by atoms with Gasteiger partial charge in [0.25, 0.3) is 0 Å². The van der Waals surface area contributed by atoms with Crippen LogP contribution in [0.2, 0.25) is 0 Å². The van der Waals surface area contributed by atoms with Gasteiger partial charge in [-0.3, -0.25) is 0 Å². The Balaban J connectivity index is 1.34. The third kappa shape index (κ3) is 62.1. The highest BCUT2D eigenvalue weighted by molar-refractivity contribution is 5.51. The Kier molecular flexibility index (Phi) is 71.2. The molecule has 0 spiro atoms. The van der Waals surface area contributed by atoms with E-state index in [4.69, 9.17) is 171 Å². The van der Waals surface area contributed by atoms with Gasteiger partial charge in [-0.1, -0.05) is 23.7 Å². The van der Waals surface area contributed by atoms with Crippen LogP contribution in [-0.2, 0) is 140 Å². The second-order valence-corrected chi connectivity index (χ2v) is 29.2. The molecule has 0 unspecified atom stereocenters. The molecule has 0 fully saturated rings. The van der Waals surface area contributed by atoms with E-state index in [2.05, 4.69) is 23.7 Å². The lowest BCUT2D eigenvalue weighted by molar-refractivity contribution is 0.0174. The zero-order valence-corrected chi connectivity index (χ0v) is 82.0. The zero-order valence-electron chi connectivity index (χ0n) is 82.0. The number of hydrogen-bond donors (Lipinski definition) is 0. The summed E-state index contributed by atoms with van der Waals surface area (Å²) in [7, 11) is 13.0. The van der Waals surface area contributed by atoms with E-state index in [0.29, 0.717) is 344 Å². The van der Waals surface area contributed by atoms with Crippen LogP contribution in [0, 0.1) is 23.7 Å². The highest BCUT2D eigenvalue weighted by Crippen LogP contribution is 2.33. The second kappa shape index (κ2) is 83.6. The van der Waals surface area contributed by atoms with Gasteiger partial charge in [0, 0.05) is 104 Å². The summed E-state index contributed by atoms with van der Waals surface area (Å²) in [5.41, 5.74) is 4.08. The maximum Gasteiger partial charge on any atom is 0.124 e. The molecule has 0 radical (unpaired) electrons. The van der Waals surface area contributed by atoms with Crippen molar-refractivity contribution in [1.29, 1.82) is 0 Å². The standard InChI is InChI=1S/C102H148O36/c1-103-15-23-111-31-39-119-47-55-127-91-67-87(68-92(75-91)128-56-48-120-40-32-112-24-16-104-2)81-135-99-63-85(64-100(79-99)136-82-88-69-93(129-57-49-121-41-33-113-25-17-105-3)76-94(70-88)130-58-50-122-42-34-114-26-18-106-4)13-11-9-10-12-14-86-65-101(137-83-89-71-95(131-59-51-123-43-35-115-27-19-107-5)77-96(72-89)132-60-52-124-44-36-116-28-20-108-6)80-102(66-86)138-84-90-73-97(133-61-53-125-45-37-117-29-21-109-7)78-98(74-90)134-62-54-126-46-38-118-30-22-110-8/h9-10,63-80H,15-62,81-84H2,1-8H3/b10-9-. The van der Waals surface area contributed by atoms with Crippen LogP contribution in [0.5, 0.6) is 69.0 Å². The minimum Gasteiger partial charge on any atom is -0.491 e. The van der Waals surface area contributed by atoms with Crippen molar-refractivity contribution in [3.05, 3.63) is 155 Å². The van der Waals surface area contributed by atoms with E-state index < -0.39 is 0 Å². The van der Waals surface area contributed by atoms with Gasteiger partial charge in [-0.2, -0.15) is 0 Å². The highest BCUT2D eigenvalue weighted by Gasteiger charge is 2.15. The fourth-order valence-corrected chi connectivity index (χ4v) is 11.6. The number of ether oxygens (including phenoxy) is 36. The number of benzene rings is 6. The van der Waals surface area contributed by atoms with E-state index in [9.17, 15) is 0 Å². The minimum absolute atomic E-state index is 0.0806. The van der Waals surface area contributed by atoms with Crippen LogP contribution in [0.15, 0.2) is 121 Å². The number of rotatable bonds is 92. The van der Waals surface area contributed by atoms with Crippen LogP contribution in [0.3, 0.4) is 0 Å². The summed E-state index contributed by atoms with van der Waals surface area (Å²) in [4.78, 5) is 0. The molecule has 36 heteroatoms. The first kappa shape index (κ1) is 118. The molecule has 6 aromatic carbocycles. The van der Waals surface area contributed by atoms with E-state index in [-0.39, 0.29) is 79.3 Å². The molecule has 0 aromatic heterocycles. The molecule has 0 amide bonds. The van der Waals surface area contributed by atoms with E-state index in [1.807, 2.05) is 97.1 Å². The third-order valence-corrected chi connectivity index (χ3v) is 18.2. The van der Waals surface area contributed by atoms with Gasteiger partial charge in [0.1, 0.15) is 148 Å². The lowest BCUT2D eigenvalue weighted by atomic mass is 10.1. The van der Waals surface area contributed by atoms with Gasteiger partial charge in [-0.25, -0.2) is 0 Å². The summed E-state index contributed by atoms with van der Waals surface area (Å²) in [6.45, 7) is 19.1. The molecular weight excluding hydrogens is 1800 g/mol. The molecule has 6 rings (SSSR count). The van der Waals surface area contributed by atoms with Gasteiger partial charge in [-0.05, 0) is 107 Å². The van der Waals surface area contributed by atoms with Crippen molar-refractivity contribution in [2.75, 3.05) is 374 Å². The summed E-state index contributed by atoms with van der Waals surface area (Å²) >= 11 is 0. The van der Waals surface area contributed by atoms with Crippen LogP contribution in [-0.4, -0.2) is 374 Å². The maximum absolute atomic E-state index is 6.66. The molecule has 0 aliphatic carbocycles. The summed E-state index contributed by atoms with van der Waals surface area (Å²) < 4.78 is 208. The van der Waals surface area contributed by atoms with Crippen molar-refractivity contribution in [3.63, 3.8) is 0 Å². The molecule has 36 nitrogen and oxygen atoms in total. The van der Waals surface area contributed by atoms with Gasteiger partial charge < -0.3 is 171 Å². The Bertz CT molecular complexity index is 3490. The first-order valence-corrected chi connectivity index (χ1v) is 46.4. The Labute approximate surface area is 814 Å². The SMILES string of the molecule is COCCOCCOCCOc1cc(COc2cc(C#C/C=C\C#Cc3cc(OCc4cc(OCCOCCOCCOC)cc(OCCOCCOCCOC)c4)cc(OCc4cc(OCCOCCOCCOC)cc(OCCOCCOCCOC)c4)c3)cc(OCc3cc(OCCOCCOCCOC)cc(OCCOCCOCCOC)c3)c2)cc(OCCOCCOCCOC)c1. The van der Waals surface area contributed by atoms with E-state index >= 15 is 0 Å². The predicted molar refractivity (Wildman–Crippen MR) is 511 cm³/mol. The van der Waals surface area contributed by atoms with Crippen molar-refractivity contribution in [2.45, 2.75) is 26.4 Å². The molecule has 0 N–H and O–H groups in total.